The highest BCUT2D eigenvalue weighted by Gasteiger charge is 2.43. The number of aliphatic hydroxyl groups is 1. The highest BCUT2D eigenvalue weighted by molar-refractivity contribution is 6.42. The van der Waals surface area contributed by atoms with Crippen LogP contribution in [0.3, 0.4) is 0 Å². The summed E-state index contributed by atoms with van der Waals surface area (Å²) in [7, 11) is 3.47. The predicted octanol–water partition coefficient (Wildman–Crippen LogP) is 6.60. The molecule has 0 aromatic heterocycles. The fourth-order valence-electron chi connectivity index (χ4n) is 6.06. The number of benzene rings is 3. The second-order valence-electron chi connectivity index (χ2n) is 11.0. The monoisotopic (exact) mass is 582 g/mol. The number of piperidine rings is 1. The lowest BCUT2D eigenvalue weighted by Gasteiger charge is -2.47. The number of hydrogen-bond acceptors (Lipinski definition) is 5. The number of ether oxygens (including phenoxy) is 2. The molecule has 1 spiro atoms. The van der Waals surface area contributed by atoms with Crippen LogP contribution in [0.5, 0.6) is 11.5 Å². The number of hydrogen-bond donors (Lipinski definition) is 1. The first-order chi connectivity index (χ1) is 19.3. The molecule has 40 heavy (non-hydrogen) atoms. The summed E-state index contributed by atoms with van der Waals surface area (Å²) in [6.07, 6.45) is 2.67. The quantitative estimate of drug-likeness (QED) is 0.324. The Kier molecular flexibility index (Phi) is 8.91. The minimum Gasteiger partial charge on any atom is -0.497 e. The molecule has 6 nitrogen and oxygen atoms in total. The van der Waals surface area contributed by atoms with Gasteiger partial charge in [0.1, 0.15) is 17.1 Å². The van der Waals surface area contributed by atoms with E-state index in [9.17, 15) is 9.90 Å². The summed E-state index contributed by atoms with van der Waals surface area (Å²) in [6.45, 7) is 3.08. The first-order valence-electron chi connectivity index (χ1n) is 13.8. The van der Waals surface area contributed by atoms with E-state index in [0.717, 1.165) is 55.8 Å². The minimum atomic E-state index is -0.597. The molecular formula is C32H36Cl2N2O4. The number of rotatable bonds is 8. The molecule has 1 amide bonds. The molecule has 5 rings (SSSR count). The molecule has 3 atom stereocenters. The molecule has 8 heteroatoms. The van der Waals surface area contributed by atoms with Gasteiger partial charge in [-0.1, -0.05) is 47.5 Å². The zero-order valence-electron chi connectivity index (χ0n) is 23.0. The van der Waals surface area contributed by atoms with Crippen LogP contribution in [0, 0.1) is 0 Å². The molecule has 3 aromatic rings. The van der Waals surface area contributed by atoms with Crippen molar-refractivity contribution in [2.45, 2.75) is 43.3 Å². The number of halogens is 2. The van der Waals surface area contributed by atoms with Crippen molar-refractivity contribution < 1.29 is 19.4 Å². The maximum atomic E-state index is 13.1. The van der Waals surface area contributed by atoms with E-state index >= 15 is 0 Å². The van der Waals surface area contributed by atoms with Gasteiger partial charge in [0.15, 0.2) is 0 Å². The van der Waals surface area contributed by atoms with Crippen LogP contribution in [0.25, 0.3) is 0 Å². The first kappa shape index (κ1) is 28.7. The first-order valence-corrected chi connectivity index (χ1v) is 14.6. The van der Waals surface area contributed by atoms with Gasteiger partial charge in [0.2, 0.25) is 0 Å². The van der Waals surface area contributed by atoms with E-state index in [4.69, 9.17) is 32.7 Å². The van der Waals surface area contributed by atoms with Gasteiger partial charge >= 0.3 is 0 Å². The second-order valence-corrected chi connectivity index (χ2v) is 11.8. The van der Waals surface area contributed by atoms with Gasteiger partial charge in [0.05, 0.1) is 23.3 Å². The van der Waals surface area contributed by atoms with Gasteiger partial charge in [-0.05, 0) is 80.4 Å². The Hall–Kier alpha value is -2.77. The lowest BCUT2D eigenvalue weighted by molar-refractivity contribution is -0.0612. The van der Waals surface area contributed by atoms with Crippen molar-refractivity contribution in [1.29, 1.82) is 0 Å². The van der Waals surface area contributed by atoms with Crippen molar-refractivity contribution in [2.75, 3.05) is 40.3 Å². The average Bonchev–Trinajstić information content (AvgIpc) is 2.96. The van der Waals surface area contributed by atoms with Crippen molar-refractivity contribution in [3.05, 3.63) is 93.5 Å². The molecular weight excluding hydrogens is 547 g/mol. The van der Waals surface area contributed by atoms with E-state index < -0.39 is 11.7 Å². The molecule has 3 aromatic carbocycles. The number of nitrogens with zero attached hydrogens (tertiary/aromatic N) is 2. The van der Waals surface area contributed by atoms with E-state index in [1.807, 2.05) is 73.8 Å². The summed E-state index contributed by atoms with van der Waals surface area (Å²) < 4.78 is 11.9. The van der Waals surface area contributed by atoms with E-state index in [2.05, 4.69) is 4.90 Å². The molecule has 0 aliphatic carbocycles. The minimum absolute atomic E-state index is 0.0116. The summed E-state index contributed by atoms with van der Waals surface area (Å²) >= 11 is 12.6. The fraction of sp³-hybridized carbons (Fsp3) is 0.406. The molecule has 0 radical (unpaired) electrons. The lowest BCUT2D eigenvalue weighted by atomic mass is 9.82. The predicted molar refractivity (Wildman–Crippen MR) is 159 cm³/mol. The van der Waals surface area contributed by atoms with Crippen LogP contribution in [0.4, 0.5) is 0 Å². The average molecular weight is 584 g/mol. The largest absolute Gasteiger partial charge is 0.497 e. The molecule has 1 N–H and O–H groups in total. The Labute approximate surface area is 246 Å². The summed E-state index contributed by atoms with van der Waals surface area (Å²) in [5.41, 5.74) is 2.08. The highest BCUT2D eigenvalue weighted by Crippen LogP contribution is 2.44. The molecule has 212 valence electrons. The maximum absolute atomic E-state index is 13.1. The van der Waals surface area contributed by atoms with Crippen molar-refractivity contribution in [3.8, 4) is 11.5 Å². The Morgan fingerprint density at radius 3 is 2.70 bits per heavy atom. The Balaban J connectivity index is 1.30. The molecule has 0 saturated carbocycles. The van der Waals surface area contributed by atoms with E-state index in [-0.39, 0.29) is 11.8 Å². The van der Waals surface area contributed by atoms with E-state index in [1.165, 1.54) is 0 Å². The summed E-state index contributed by atoms with van der Waals surface area (Å²) in [6, 6.07) is 20.7. The zero-order chi connectivity index (χ0) is 28.3. The summed E-state index contributed by atoms with van der Waals surface area (Å²) in [5, 5.41) is 12.1. The summed E-state index contributed by atoms with van der Waals surface area (Å²) in [4.78, 5) is 17.3. The molecule has 1 saturated heterocycles. The number of amides is 1. The lowest BCUT2D eigenvalue weighted by Crippen LogP contribution is -2.54. The van der Waals surface area contributed by atoms with Gasteiger partial charge in [-0.25, -0.2) is 0 Å². The molecule has 2 aliphatic heterocycles. The van der Waals surface area contributed by atoms with E-state index in [0.29, 0.717) is 34.3 Å². The Morgan fingerprint density at radius 1 is 1.15 bits per heavy atom. The van der Waals surface area contributed by atoms with Crippen LogP contribution < -0.4 is 9.47 Å². The third-order valence-corrected chi connectivity index (χ3v) is 8.90. The number of carbonyl (C=O) groups excluding carboxylic acids is 1. The third kappa shape index (κ3) is 6.41. The standard InChI is InChI=1S/C32H36Cl2N2O4/c1-35(31(38)22-7-4-3-5-8-22)20-24(23-9-11-27(33)28(34)17-23)13-16-36-15-6-14-32(21-36)19-29(37)26-18-25(39-2)10-12-30(26)40-32/h3-5,7-12,17-18,24,29,37H,6,13-16,19-21H2,1-2H3/t24-,29?,32?/m1/s1. The smallest absolute Gasteiger partial charge is 0.253 e. The van der Waals surface area contributed by atoms with Crippen LogP contribution in [0.1, 0.15) is 59.2 Å². The SMILES string of the molecule is COc1ccc2c(c1)C(O)CC1(CCCN(CC[C@H](CN(C)C(=O)c3ccccc3)c3ccc(Cl)c(Cl)c3)C1)O2. The second kappa shape index (κ2) is 12.4. The third-order valence-electron chi connectivity index (χ3n) is 8.16. The Morgan fingerprint density at radius 2 is 1.95 bits per heavy atom. The van der Waals surface area contributed by atoms with Crippen LogP contribution in [0.15, 0.2) is 66.7 Å². The van der Waals surface area contributed by atoms with E-state index in [1.54, 1.807) is 12.0 Å². The van der Waals surface area contributed by atoms with Crippen LogP contribution >= 0.6 is 23.2 Å². The molecule has 0 bridgehead atoms. The van der Waals surface area contributed by atoms with Gasteiger partial charge in [-0.3, -0.25) is 9.69 Å². The van der Waals surface area contributed by atoms with Gasteiger partial charge in [-0.2, -0.15) is 0 Å². The molecule has 2 aliphatic rings. The number of aliphatic hydroxyl groups excluding tert-OH is 1. The highest BCUT2D eigenvalue weighted by atomic mass is 35.5. The maximum Gasteiger partial charge on any atom is 0.253 e. The van der Waals surface area contributed by atoms with Crippen molar-refractivity contribution in [2.24, 2.45) is 0 Å². The van der Waals surface area contributed by atoms with Crippen LogP contribution in [-0.2, 0) is 0 Å². The van der Waals surface area contributed by atoms with Crippen LogP contribution in [0.2, 0.25) is 10.0 Å². The van der Waals surface area contributed by atoms with Gasteiger partial charge in [-0.15, -0.1) is 0 Å². The number of likely N-dealkylation sites (tertiary alicyclic amines) is 1. The molecule has 2 unspecified atom stereocenters. The van der Waals surface area contributed by atoms with Crippen molar-refractivity contribution in [3.63, 3.8) is 0 Å². The number of likely N-dealkylation sites (N-methyl/N-ethyl adjacent to an activating group) is 1. The van der Waals surface area contributed by atoms with Crippen LogP contribution in [-0.4, -0.2) is 66.8 Å². The number of fused-ring (bicyclic) bond motifs is 1. The van der Waals surface area contributed by atoms with Crippen molar-refractivity contribution >= 4 is 29.1 Å². The van der Waals surface area contributed by atoms with Crippen molar-refractivity contribution in [1.82, 2.24) is 9.80 Å². The normalized spacial score (nSPS) is 21.4. The van der Waals surface area contributed by atoms with Gasteiger partial charge < -0.3 is 19.5 Å². The topological polar surface area (TPSA) is 62.2 Å². The molecule has 2 heterocycles. The van der Waals surface area contributed by atoms with Gasteiger partial charge in [0, 0.05) is 43.6 Å². The molecule has 1 fully saturated rings. The zero-order valence-corrected chi connectivity index (χ0v) is 24.5. The number of methoxy groups -OCH3 is 1. The van der Waals surface area contributed by atoms with Gasteiger partial charge in [0.25, 0.3) is 5.91 Å². The fourth-order valence-corrected chi connectivity index (χ4v) is 6.36. The summed E-state index contributed by atoms with van der Waals surface area (Å²) in [5.74, 6) is 1.50. The Bertz CT molecular complexity index is 1340. The number of carbonyl (C=O) groups is 1.